The molecule has 0 atom stereocenters. The number of likely N-dealkylation sites (N-methyl/N-ethyl adjacent to an activating group) is 1. The number of aromatic nitrogens is 3. The van der Waals surface area contributed by atoms with Crippen LogP contribution in [0.3, 0.4) is 0 Å². The fraction of sp³-hybridized carbons (Fsp3) is 0.526. The van der Waals surface area contributed by atoms with Gasteiger partial charge in [-0.2, -0.15) is 0 Å². The second-order valence-electron chi connectivity index (χ2n) is 7.47. The smallest absolute Gasteiger partial charge is 0.228 e. The average molecular weight is 354 g/mol. The van der Waals surface area contributed by atoms with Gasteiger partial charge in [-0.3, -0.25) is 4.79 Å². The van der Waals surface area contributed by atoms with Gasteiger partial charge in [0.05, 0.1) is 11.7 Å². The first kappa shape index (κ1) is 17.0. The molecule has 2 fully saturated rings. The van der Waals surface area contributed by atoms with Gasteiger partial charge in [-0.05, 0) is 26.0 Å². The van der Waals surface area contributed by atoms with Crippen molar-refractivity contribution < 1.29 is 4.79 Å². The number of imidazole rings is 1. The second kappa shape index (κ2) is 7.07. The summed E-state index contributed by atoms with van der Waals surface area (Å²) in [4.78, 5) is 26.1. The molecule has 3 heterocycles. The first-order chi connectivity index (χ1) is 12.7. The van der Waals surface area contributed by atoms with Crippen molar-refractivity contribution in [1.82, 2.24) is 24.8 Å². The maximum Gasteiger partial charge on any atom is 0.228 e. The lowest BCUT2D eigenvalue weighted by atomic mass is 10.1. The molecule has 0 aromatic carbocycles. The molecule has 2 aromatic heterocycles. The summed E-state index contributed by atoms with van der Waals surface area (Å²) in [5, 5.41) is 3.15. The summed E-state index contributed by atoms with van der Waals surface area (Å²) in [5.74, 6) is 1.14. The molecule has 7 heteroatoms. The molecule has 0 spiro atoms. The van der Waals surface area contributed by atoms with Gasteiger partial charge in [0.2, 0.25) is 5.91 Å². The van der Waals surface area contributed by atoms with E-state index >= 15 is 0 Å². The Morgan fingerprint density at radius 1 is 1.23 bits per heavy atom. The molecule has 1 aliphatic carbocycles. The van der Waals surface area contributed by atoms with Gasteiger partial charge in [0.25, 0.3) is 0 Å². The van der Waals surface area contributed by atoms with Gasteiger partial charge in [-0.25, -0.2) is 9.97 Å². The van der Waals surface area contributed by atoms with Crippen molar-refractivity contribution in [3.63, 3.8) is 0 Å². The Hall–Kier alpha value is -2.41. The van der Waals surface area contributed by atoms with Crippen LogP contribution in [0.5, 0.6) is 0 Å². The van der Waals surface area contributed by atoms with Gasteiger partial charge < -0.3 is 19.7 Å². The Morgan fingerprint density at radius 3 is 2.73 bits per heavy atom. The van der Waals surface area contributed by atoms with Crippen LogP contribution in [-0.4, -0.2) is 58.6 Å². The predicted molar refractivity (Wildman–Crippen MR) is 99.7 cm³/mol. The fourth-order valence-electron chi connectivity index (χ4n) is 3.57. The van der Waals surface area contributed by atoms with Crippen molar-refractivity contribution in [2.24, 2.45) is 5.41 Å². The number of nitrogens with zero attached hydrogens (tertiary/aromatic N) is 5. The maximum absolute atomic E-state index is 12.8. The SMILES string of the molecule is CN1CCN(c2ncccc2CNC(=O)C2(Cn3ccnc3)CC2)CC1. The highest BCUT2D eigenvalue weighted by molar-refractivity contribution is 5.85. The van der Waals surface area contributed by atoms with Crippen molar-refractivity contribution in [2.45, 2.75) is 25.9 Å². The molecular formula is C19H26N6O. The van der Waals surface area contributed by atoms with Crippen LogP contribution in [0.2, 0.25) is 0 Å². The van der Waals surface area contributed by atoms with Crippen molar-refractivity contribution in [2.75, 3.05) is 38.1 Å². The van der Waals surface area contributed by atoms with Crippen molar-refractivity contribution in [3.8, 4) is 0 Å². The molecule has 1 N–H and O–H groups in total. The third-order valence-corrected chi connectivity index (χ3v) is 5.49. The number of pyridine rings is 1. The molecule has 0 bridgehead atoms. The zero-order chi connectivity index (χ0) is 18.0. The van der Waals surface area contributed by atoms with E-state index < -0.39 is 0 Å². The standard InChI is InChI=1S/C19H26N6O/c1-23-9-11-25(12-10-23)17-16(3-2-6-21-17)13-22-18(26)19(4-5-19)14-24-8-7-20-15-24/h2-3,6-8,15H,4-5,9-14H2,1H3,(H,22,26). The highest BCUT2D eigenvalue weighted by atomic mass is 16.2. The lowest BCUT2D eigenvalue weighted by Gasteiger charge is -2.34. The van der Waals surface area contributed by atoms with E-state index in [1.54, 1.807) is 12.5 Å². The van der Waals surface area contributed by atoms with Crippen molar-refractivity contribution in [1.29, 1.82) is 0 Å². The Balaban J connectivity index is 1.40. The Labute approximate surface area is 154 Å². The summed E-state index contributed by atoms with van der Waals surface area (Å²) in [6.07, 6.45) is 9.16. The molecule has 1 amide bonds. The Morgan fingerprint density at radius 2 is 2.04 bits per heavy atom. The summed E-state index contributed by atoms with van der Waals surface area (Å²) in [6.45, 7) is 5.25. The van der Waals surface area contributed by atoms with Crippen molar-refractivity contribution >= 4 is 11.7 Å². The lowest BCUT2D eigenvalue weighted by molar-refractivity contribution is -0.127. The number of anilines is 1. The second-order valence-corrected chi connectivity index (χ2v) is 7.47. The normalized spacial score (nSPS) is 19.3. The summed E-state index contributed by atoms with van der Waals surface area (Å²) < 4.78 is 1.99. The van der Waals surface area contributed by atoms with Crippen LogP contribution >= 0.6 is 0 Å². The molecule has 1 saturated heterocycles. The number of rotatable bonds is 6. The van der Waals surface area contributed by atoms with E-state index in [2.05, 4.69) is 38.2 Å². The monoisotopic (exact) mass is 354 g/mol. The lowest BCUT2D eigenvalue weighted by Crippen LogP contribution is -2.45. The quantitative estimate of drug-likeness (QED) is 0.842. The molecule has 0 radical (unpaired) electrons. The largest absolute Gasteiger partial charge is 0.354 e. The fourth-order valence-corrected chi connectivity index (χ4v) is 3.57. The average Bonchev–Trinajstić information content (AvgIpc) is 3.26. The van der Waals surface area contributed by atoms with E-state index in [1.807, 2.05) is 23.0 Å². The molecule has 7 nitrogen and oxygen atoms in total. The summed E-state index contributed by atoms with van der Waals surface area (Å²) >= 11 is 0. The van der Waals surface area contributed by atoms with Crippen LogP contribution in [-0.2, 0) is 17.9 Å². The molecule has 2 aliphatic rings. The topological polar surface area (TPSA) is 66.3 Å². The third-order valence-electron chi connectivity index (χ3n) is 5.49. The minimum absolute atomic E-state index is 0.138. The molecule has 2 aromatic rings. The molecule has 26 heavy (non-hydrogen) atoms. The predicted octanol–water partition coefficient (Wildman–Crippen LogP) is 1.13. The highest BCUT2D eigenvalue weighted by Crippen LogP contribution is 2.47. The molecule has 1 aliphatic heterocycles. The first-order valence-corrected chi connectivity index (χ1v) is 9.28. The number of nitrogens with one attached hydrogen (secondary N) is 1. The number of amides is 1. The van der Waals surface area contributed by atoms with E-state index in [0.717, 1.165) is 50.4 Å². The minimum atomic E-state index is -0.267. The van der Waals surface area contributed by atoms with Crippen LogP contribution in [0, 0.1) is 5.41 Å². The summed E-state index contributed by atoms with van der Waals surface area (Å²) in [5.41, 5.74) is 0.820. The highest BCUT2D eigenvalue weighted by Gasteiger charge is 2.49. The van der Waals surface area contributed by atoms with Gasteiger partial charge in [0.1, 0.15) is 5.82 Å². The number of hydrogen-bond donors (Lipinski definition) is 1. The van der Waals surface area contributed by atoms with Crippen LogP contribution in [0.1, 0.15) is 18.4 Å². The number of piperazine rings is 1. The van der Waals surface area contributed by atoms with E-state index in [-0.39, 0.29) is 11.3 Å². The van der Waals surface area contributed by atoms with Crippen LogP contribution in [0.15, 0.2) is 37.1 Å². The van der Waals surface area contributed by atoms with E-state index in [0.29, 0.717) is 13.1 Å². The maximum atomic E-state index is 12.8. The Kier molecular flexibility index (Phi) is 4.63. The molecule has 4 rings (SSSR count). The van der Waals surface area contributed by atoms with Crippen molar-refractivity contribution in [3.05, 3.63) is 42.6 Å². The van der Waals surface area contributed by atoms with Gasteiger partial charge in [-0.15, -0.1) is 0 Å². The van der Waals surface area contributed by atoms with Gasteiger partial charge in [0, 0.05) is 63.4 Å². The first-order valence-electron chi connectivity index (χ1n) is 9.28. The zero-order valence-corrected chi connectivity index (χ0v) is 15.3. The van der Waals surface area contributed by atoms with E-state index in [1.165, 1.54) is 0 Å². The van der Waals surface area contributed by atoms with Crippen LogP contribution in [0.4, 0.5) is 5.82 Å². The minimum Gasteiger partial charge on any atom is -0.354 e. The van der Waals surface area contributed by atoms with Gasteiger partial charge >= 0.3 is 0 Å². The zero-order valence-electron chi connectivity index (χ0n) is 15.3. The van der Waals surface area contributed by atoms with Gasteiger partial charge in [0.15, 0.2) is 0 Å². The number of carbonyl (C=O) groups is 1. The molecule has 138 valence electrons. The summed E-state index contributed by atoms with van der Waals surface area (Å²) in [6, 6.07) is 4.01. The van der Waals surface area contributed by atoms with Gasteiger partial charge in [-0.1, -0.05) is 6.07 Å². The molecule has 0 unspecified atom stereocenters. The molecular weight excluding hydrogens is 328 g/mol. The van der Waals surface area contributed by atoms with Crippen LogP contribution in [0.25, 0.3) is 0 Å². The third kappa shape index (κ3) is 3.58. The van der Waals surface area contributed by atoms with Crippen LogP contribution < -0.4 is 10.2 Å². The van der Waals surface area contributed by atoms with E-state index in [9.17, 15) is 4.79 Å². The summed E-state index contributed by atoms with van der Waals surface area (Å²) in [7, 11) is 2.15. The number of carbonyl (C=O) groups excluding carboxylic acids is 1. The Bertz CT molecular complexity index is 747. The number of hydrogen-bond acceptors (Lipinski definition) is 5. The van der Waals surface area contributed by atoms with E-state index in [4.69, 9.17) is 0 Å². The molecule has 1 saturated carbocycles.